The summed E-state index contributed by atoms with van der Waals surface area (Å²) < 4.78 is 0. The van der Waals surface area contributed by atoms with E-state index in [0.29, 0.717) is 0 Å². The van der Waals surface area contributed by atoms with Gasteiger partial charge in [-0.3, -0.25) is 0 Å². The van der Waals surface area contributed by atoms with Crippen molar-refractivity contribution in [3.63, 3.8) is 0 Å². The number of aliphatic carboxylic acids is 1. The predicted octanol–water partition coefficient (Wildman–Crippen LogP) is 1.01. The van der Waals surface area contributed by atoms with Crippen molar-refractivity contribution in [2.45, 2.75) is 4.90 Å². The molecule has 0 aliphatic rings. The molecule has 0 saturated carbocycles. The molecule has 0 fully saturated rings. The molecule has 0 atom stereocenters. The minimum atomic E-state index is -1.04. The summed E-state index contributed by atoms with van der Waals surface area (Å²) in [6, 6.07) is 7.78. The minimum Gasteiger partial charge on any atom is -0.549 e. The maximum atomic E-state index is 10.3. The molecule has 1 N–H and O–H groups in total. The number of hydrogen-bond acceptors (Lipinski definition) is 3. The van der Waals surface area contributed by atoms with Crippen molar-refractivity contribution in [2.75, 3.05) is 5.75 Å². The summed E-state index contributed by atoms with van der Waals surface area (Å²) in [5.41, 5.74) is 1.02. The summed E-state index contributed by atoms with van der Waals surface area (Å²) in [6.45, 7) is 0. The van der Waals surface area contributed by atoms with Gasteiger partial charge in [0, 0.05) is 27.7 Å². The molecule has 0 unspecified atom stereocenters. The summed E-state index contributed by atoms with van der Waals surface area (Å²) in [5.74, 6) is -1.05. The van der Waals surface area contributed by atoms with Crippen LogP contribution in [0, 0.1) is 0 Å². The standard InChI is InChI=1S/C10H9NO2S/c12-10(13)6-14-9-5-11-8-4-2-1-3-7(8)9/h1-5,11H,6H2,(H,12,13)/p-1. The monoisotopic (exact) mass is 206 g/mol. The van der Waals surface area contributed by atoms with E-state index in [1.807, 2.05) is 30.5 Å². The van der Waals surface area contributed by atoms with Gasteiger partial charge in [0.05, 0.1) is 5.97 Å². The molecule has 4 heteroatoms. The van der Waals surface area contributed by atoms with Crippen LogP contribution in [0.4, 0.5) is 0 Å². The number of aromatic amines is 1. The zero-order valence-corrected chi connectivity index (χ0v) is 8.14. The Labute approximate surface area is 85.1 Å². The van der Waals surface area contributed by atoms with Crippen molar-refractivity contribution in [3.05, 3.63) is 30.5 Å². The number of carbonyl (C=O) groups is 1. The van der Waals surface area contributed by atoms with Gasteiger partial charge in [-0.05, 0) is 6.07 Å². The van der Waals surface area contributed by atoms with E-state index in [0.717, 1.165) is 15.8 Å². The SMILES string of the molecule is O=C([O-])CSc1c[nH]c2ccccc12. The lowest BCUT2D eigenvalue weighted by Gasteiger charge is -1.99. The van der Waals surface area contributed by atoms with Crippen LogP contribution in [-0.4, -0.2) is 16.7 Å². The quantitative estimate of drug-likeness (QED) is 0.762. The van der Waals surface area contributed by atoms with Gasteiger partial charge in [-0.2, -0.15) is 0 Å². The van der Waals surface area contributed by atoms with Crippen LogP contribution in [0.15, 0.2) is 35.4 Å². The lowest BCUT2D eigenvalue weighted by atomic mass is 10.2. The smallest absolute Gasteiger partial charge is 0.0517 e. The van der Waals surface area contributed by atoms with Gasteiger partial charge in [0.2, 0.25) is 0 Å². The molecular formula is C10H8NO2S-. The Balaban J connectivity index is 2.29. The molecule has 0 aliphatic carbocycles. The number of carboxylic acids is 1. The highest BCUT2D eigenvalue weighted by molar-refractivity contribution is 8.00. The van der Waals surface area contributed by atoms with Crippen LogP contribution in [0.1, 0.15) is 0 Å². The minimum absolute atomic E-state index is 0.0121. The molecular weight excluding hydrogens is 198 g/mol. The first-order valence-corrected chi connectivity index (χ1v) is 5.14. The van der Waals surface area contributed by atoms with Crippen molar-refractivity contribution in [1.29, 1.82) is 0 Å². The zero-order valence-electron chi connectivity index (χ0n) is 7.32. The molecule has 14 heavy (non-hydrogen) atoms. The van der Waals surface area contributed by atoms with Crippen molar-refractivity contribution in [3.8, 4) is 0 Å². The van der Waals surface area contributed by atoms with Crippen LogP contribution in [0.5, 0.6) is 0 Å². The second kappa shape index (κ2) is 3.75. The van der Waals surface area contributed by atoms with Crippen LogP contribution in [-0.2, 0) is 4.79 Å². The van der Waals surface area contributed by atoms with E-state index in [1.54, 1.807) is 0 Å². The molecule has 1 heterocycles. The molecule has 0 saturated heterocycles. The van der Waals surface area contributed by atoms with E-state index in [-0.39, 0.29) is 5.75 Å². The molecule has 2 rings (SSSR count). The van der Waals surface area contributed by atoms with Crippen molar-refractivity contribution >= 4 is 28.6 Å². The maximum absolute atomic E-state index is 10.3. The average Bonchev–Trinajstić information content (AvgIpc) is 2.58. The van der Waals surface area contributed by atoms with Crippen molar-refractivity contribution < 1.29 is 9.90 Å². The van der Waals surface area contributed by atoms with Crippen LogP contribution in [0.25, 0.3) is 10.9 Å². The number of para-hydroxylation sites is 1. The fourth-order valence-electron chi connectivity index (χ4n) is 1.30. The lowest BCUT2D eigenvalue weighted by Crippen LogP contribution is -2.24. The summed E-state index contributed by atoms with van der Waals surface area (Å²) in [6.07, 6.45) is 1.82. The van der Waals surface area contributed by atoms with Gasteiger partial charge in [0.1, 0.15) is 0 Å². The second-order valence-electron chi connectivity index (χ2n) is 2.86. The zero-order chi connectivity index (χ0) is 9.97. The highest BCUT2D eigenvalue weighted by Gasteiger charge is 2.02. The Hall–Kier alpha value is -1.42. The Morgan fingerprint density at radius 3 is 3.00 bits per heavy atom. The van der Waals surface area contributed by atoms with E-state index in [2.05, 4.69) is 4.98 Å². The Bertz CT molecular complexity index is 464. The lowest BCUT2D eigenvalue weighted by molar-refractivity contribution is -0.301. The molecule has 0 spiro atoms. The maximum Gasteiger partial charge on any atom is 0.0517 e. The summed E-state index contributed by atoms with van der Waals surface area (Å²) in [7, 11) is 0. The molecule has 0 radical (unpaired) electrons. The molecule has 3 nitrogen and oxygen atoms in total. The fraction of sp³-hybridized carbons (Fsp3) is 0.100. The van der Waals surface area contributed by atoms with Crippen molar-refractivity contribution in [2.24, 2.45) is 0 Å². The van der Waals surface area contributed by atoms with Gasteiger partial charge >= 0.3 is 0 Å². The Kier molecular flexibility index (Phi) is 2.45. The third-order valence-electron chi connectivity index (χ3n) is 1.90. The Morgan fingerprint density at radius 2 is 2.21 bits per heavy atom. The third kappa shape index (κ3) is 1.75. The number of thioether (sulfide) groups is 1. The normalized spacial score (nSPS) is 10.6. The number of nitrogens with one attached hydrogen (secondary N) is 1. The van der Waals surface area contributed by atoms with Gasteiger partial charge in [0.25, 0.3) is 0 Å². The van der Waals surface area contributed by atoms with Gasteiger partial charge in [-0.1, -0.05) is 18.2 Å². The highest BCUT2D eigenvalue weighted by Crippen LogP contribution is 2.26. The summed E-state index contributed by atoms with van der Waals surface area (Å²) in [4.78, 5) is 14.3. The van der Waals surface area contributed by atoms with E-state index < -0.39 is 5.97 Å². The number of hydrogen-bond donors (Lipinski definition) is 1. The van der Waals surface area contributed by atoms with Gasteiger partial charge in [-0.15, -0.1) is 11.8 Å². The molecule has 0 bridgehead atoms. The van der Waals surface area contributed by atoms with E-state index in [9.17, 15) is 9.90 Å². The third-order valence-corrected chi connectivity index (χ3v) is 2.93. The van der Waals surface area contributed by atoms with Crippen LogP contribution in [0.3, 0.4) is 0 Å². The van der Waals surface area contributed by atoms with E-state index >= 15 is 0 Å². The van der Waals surface area contributed by atoms with Gasteiger partial charge < -0.3 is 14.9 Å². The van der Waals surface area contributed by atoms with Crippen LogP contribution in [0.2, 0.25) is 0 Å². The van der Waals surface area contributed by atoms with E-state index in [1.165, 1.54) is 11.8 Å². The Morgan fingerprint density at radius 1 is 1.43 bits per heavy atom. The molecule has 72 valence electrons. The number of H-pyrrole nitrogens is 1. The number of benzene rings is 1. The van der Waals surface area contributed by atoms with Gasteiger partial charge in [-0.25, -0.2) is 0 Å². The first-order chi connectivity index (χ1) is 6.77. The summed E-state index contributed by atoms with van der Waals surface area (Å²) >= 11 is 1.27. The molecule has 0 aliphatic heterocycles. The molecule has 1 aromatic carbocycles. The average molecular weight is 206 g/mol. The highest BCUT2D eigenvalue weighted by atomic mass is 32.2. The van der Waals surface area contributed by atoms with Crippen LogP contribution < -0.4 is 5.11 Å². The molecule has 0 amide bonds. The van der Waals surface area contributed by atoms with E-state index in [4.69, 9.17) is 0 Å². The second-order valence-corrected chi connectivity index (χ2v) is 3.88. The number of carboxylic acid groups (broad SMARTS) is 1. The first kappa shape index (κ1) is 9.15. The van der Waals surface area contributed by atoms with Crippen LogP contribution >= 0.6 is 11.8 Å². The number of carbonyl (C=O) groups excluding carboxylic acids is 1. The fourth-order valence-corrected chi connectivity index (χ4v) is 2.05. The number of aromatic nitrogens is 1. The van der Waals surface area contributed by atoms with Crippen molar-refractivity contribution in [1.82, 2.24) is 4.98 Å². The predicted molar refractivity (Wildman–Crippen MR) is 54.0 cm³/mol. The molecule has 2 aromatic rings. The molecule has 1 aromatic heterocycles. The topological polar surface area (TPSA) is 55.9 Å². The van der Waals surface area contributed by atoms with Gasteiger partial charge in [0.15, 0.2) is 0 Å². The summed E-state index contributed by atoms with van der Waals surface area (Å²) in [5, 5.41) is 11.3. The largest absolute Gasteiger partial charge is 0.549 e. The number of fused-ring (bicyclic) bond motifs is 1. The first-order valence-electron chi connectivity index (χ1n) is 4.16. The number of rotatable bonds is 3.